The van der Waals surface area contributed by atoms with Crippen molar-refractivity contribution in [3.8, 4) is 0 Å². The van der Waals surface area contributed by atoms with E-state index >= 15 is 0 Å². The minimum Gasteiger partial charge on any atom is -0.462 e. The molecule has 0 saturated carbocycles. The van der Waals surface area contributed by atoms with Crippen LogP contribution >= 0.6 is 0 Å². The maximum absolute atomic E-state index is 12.8. The van der Waals surface area contributed by atoms with Crippen molar-refractivity contribution >= 4 is 17.9 Å². The van der Waals surface area contributed by atoms with Crippen molar-refractivity contribution < 1.29 is 28.6 Å². The Morgan fingerprint density at radius 1 is 0.317 bits per heavy atom. The summed E-state index contributed by atoms with van der Waals surface area (Å²) in [6.07, 6.45) is 48.2. The van der Waals surface area contributed by atoms with Gasteiger partial charge in [0.15, 0.2) is 6.10 Å². The molecule has 0 unspecified atom stereocenters. The van der Waals surface area contributed by atoms with E-state index in [0.717, 1.165) is 69.6 Å². The molecule has 0 fully saturated rings. The number of hydrogen-bond acceptors (Lipinski definition) is 6. The van der Waals surface area contributed by atoms with Gasteiger partial charge in [-0.15, -0.1) is 0 Å². The van der Waals surface area contributed by atoms with E-state index in [4.69, 9.17) is 14.2 Å². The summed E-state index contributed by atoms with van der Waals surface area (Å²) < 4.78 is 16.8. The van der Waals surface area contributed by atoms with Crippen LogP contribution in [0.5, 0.6) is 0 Å². The van der Waals surface area contributed by atoms with Gasteiger partial charge >= 0.3 is 17.9 Å². The molecule has 0 aromatic heterocycles. The van der Waals surface area contributed by atoms with Gasteiger partial charge in [0, 0.05) is 19.3 Å². The fourth-order valence-electron chi connectivity index (χ4n) is 8.17. The Balaban J connectivity index is 4.25. The van der Waals surface area contributed by atoms with Gasteiger partial charge in [0.1, 0.15) is 13.2 Å². The molecule has 0 amide bonds. The zero-order valence-corrected chi connectivity index (χ0v) is 41.1. The number of rotatable bonds is 48. The molecule has 0 aliphatic rings. The van der Waals surface area contributed by atoms with Crippen LogP contribution in [0.3, 0.4) is 0 Å². The second kappa shape index (κ2) is 46.9. The molecule has 6 nitrogen and oxygen atoms in total. The van der Waals surface area contributed by atoms with Gasteiger partial charge < -0.3 is 14.2 Å². The minimum absolute atomic E-state index is 0.0642. The largest absolute Gasteiger partial charge is 0.462 e. The first kappa shape index (κ1) is 58.4. The van der Waals surface area contributed by atoms with Gasteiger partial charge in [0.05, 0.1) is 0 Å². The molecule has 0 saturated heterocycles. The predicted octanol–water partition coefficient (Wildman–Crippen LogP) is 17.3. The second-order valence-corrected chi connectivity index (χ2v) is 19.5. The fourth-order valence-corrected chi connectivity index (χ4v) is 8.17. The van der Waals surface area contributed by atoms with E-state index in [9.17, 15) is 14.4 Å². The zero-order chi connectivity index (χ0) is 44.0. The summed E-state index contributed by atoms with van der Waals surface area (Å²) in [5, 5.41) is 0. The van der Waals surface area contributed by atoms with Gasteiger partial charge in [-0.2, -0.15) is 0 Å². The maximum Gasteiger partial charge on any atom is 0.306 e. The normalized spacial score (nSPS) is 12.1. The highest BCUT2D eigenvalue weighted by molar-refractivity contribution is 5.71. The van der Waals surface area contributed by atoms with Crippen LogP contribution in [-0.2, 0) is 28.6 Å². The molecule has 0 aliphatic carbocycles. The first-order valence-corrected chi connectivity index (χ1v) is 26.7. The fraction of sp³-hybridized carbons (Fsp3) is 0.944. The number of unbranched alkanes of at least 4 members (excludes halogenated alkanes) is 33. The molecule has 6 heteroatoms. The molecule has 0 rings (SSSR count). The predicted molar refractivity (Wildman–Crippen MR) is 256 cm³/mol. The molecule has 0 aromatic carbocycles. The molecule has 0 heterocycles. The summed E-state index contributed by atoms with van der Waals surface area (Å²) in [5.74, 6) is 0.758. The van der Waals surface area contributed by atoms with E-state index in [1.807, 2.05) is 0 Å². The van der Waals surface area contributed by atoms with Crippen molar-refractivity contribution in [2.75, 3.05) is 13.2 Å². The summed E-state index contributed by atoms with van der Waals surface area (Å²) in [7, 11) is 0. The maximum atomic E-state index is 12.8. The molecule has 0 N–H and O–H groups in total. The van der Waals surface area contributed by atoms with E-state index in [0.29, 0.717) is 19.3 Å². The third-order valence-electron chi connectivity index (χ3n) is 12.2. The monoisotopic (exact) mass is 849 g/mol. The molecular weight excluding hydrogens is 745 g/mol. The molecular formula is C54H104O6. The van der Waals surface area contributed by atoms with Gasteiger partial charge in [-0.3, -0.25) is 14.4 Å². The smallest absolute Gasteiger partial charge is 0.306 e. The summed E-state index contributed by atoms with van der Waals surface area (Å²) in [4.78, 5) is 37.9. The lowest BCUT2D eigenvalue weighted by molar-refractivity contribution is -0.167. The molecule has 0 radical (unpaired) electrons. The van der Waals surface area contributed by atoms with Crippen LogP contribution in [-0.4, -0.2) is 37.2 Å². The number of ether oxygens (including phenoxy) is 3. The number of esters is 3. The van der Waals surface area contributed by atoms with E-state index in [1.165, 1.54) is 186 Å². The first-order chi connectivity index (χ1) is 29.2. The highest BCUT2D eigenvalue weighted by Gasteiger charge is 2.19. The van der Waals surface area contributed by atoms with Crippen LogP contribution in [0.25, 0.3) is 0 Å². The Kier molecular flexibility index (Phi) is 45.7. The van der Waals surface area contributed by atoms with Crippen LogP contribution in [0.1, 0.15) is 298 Å². The molecule has 0 aliphatic heterocycles. The van der Waals surface area contributed by atoms with Gasteiger partial charge in [-0.05, 0) is 31.1 Å². The summed E-state index contributed by atoms with van der Waals surface area (Å²) in [5.41, 5.74) is 0. The van der Waals surface area contributed by atoms with Gasteiger partial charge in [0.2, 0.25) is 0 Å². The lowest BCUT2D eigenvalue weighted by atomic mass is 10.0. The van der Waals surface area contributed by atoms with E-state index in [2.05, 4.69) is 34.6 Å². The Bertz CT molecular complexity index is 916. The van der Waals surface area contributed by atoms with Crippen LogP contribution in [0.4, 0.5) is 0 Å². The zero-order valence-electron chi connectivity index (χ0n) is 41.1. The SMILES string of the molecule is CCCCCCCCCCCCCCCCCCC(=O)O[C@H](COC(=O)CCCCCCCCCCCCCCCCC(C)C)COC(=O)CCCCCCCCC(C)C. The van der Waals surface area contributed by atoms with Gasteiger partial charge in [0.25, 0.3) is 0 Å². The average molecular weight is 849 g/mol. The summed E-state index contributed by atoms with van der Waals surface area (Å²) in [6.45, 7) is 11.3. The molecule has 0 aromatic rings. The highest BCUT2D eigenvalue weighted by Crippen LogP contribution is 2.18. The topological polar surface area (TPSA) is 78.9 Å². The van der Waals surface area contributed by atoms with E-state index in [1.54, 1.807) is 0 Å². The van der Waals surface area contributed by atoms with Gasteiger partial charge in [-0.1, -0.05) is 259 Å². The number of carbonyl (C=O) groups excluding carboxylic acids is 3. The second-order valence-electron chi connectivity index (χ2n) is 19.5. The molecule has 0 bridgehead atoms. The van der Waals surface area contributed by atoms with Gasteiger partial charge in [-0.25, -0.2) is 0 Å². The Morgan fingerprint density at radius 2 is 0.550 bits per heavy atom. The number of hydrogen-bond donors (Lipinski definition) is 0. The number of carbonyl (C=O) groups is 3. The van der Waals surface area contributed by atoms with E-state index in [-0.39, 0.29) is 31.1 Å². The quantitative estimate of drug-likeness (QED) is 0.0345. The average Bonchev–Trinajstić information content (AvgIpc) is 3.22. The van der Waals surface area contributed by atoms with Crippen LogP contribution in [0.2, 0.25) is 0 Å². The Morgan fingerprint density at radius 3 is 0.817 bits per heavy atom. The molecule has 356 valence electrons. The molecule has 60 heavy (non-hydrogen) atoms. The van der Waals surface area contributed by atoms with Crippen molar-refractivity contribution in [1.29, 1.82) is 0 Å². The van der Waals surface area contributed by atoms with Crippen molar-refractivity contribution in [2.45, 2.75) is 304 Å². The van der Waals surface area contributed by atoms with Crippen molar-refractivity contribution in [1.82, 2.24) is 0 Å². The molecule has 0 spiro atoms. The summed E-state index contributed by atoms with van der Waals surface area (Å²) >= 11 is 0. The Hall–Kier alpha value is -1.59. The van der Waals surface area contributed by atoms with Crippen molar-refractivity contribution in [2.24, 2.45) is 11.8 Å². The lowest BCUT2D eigenvalue weighted by Gasteiger charge is -2.18. The Labute approximate surface area is 374 Å². The van der Waals surface area contributed by atoms with Crippen LogP contribution < -0.4 is 0 Å². The third-order valence-corrected chi connectivity index (χ3v) is 12.2. The standard InChI is InChI=1S/C54H104O6/c1-6-7-8-9-10-11-12-13-14-15-20-23-26-29-36-41-46-54(57)60-51(48-59-53(56)45-40-35-31-30-33-38-43-50(4)5)47-58-52(55)44-39-34-28-25-22-19-17-16-18-21-24-27-32-37-42-49(2)3/h49-51H,6-48H2,1-5H3/t51-/m1/s1. The van der Waals surface area contributed by atoms with Crippen LogP contribution in [0, 0.1) is 11.8 Å². The third kappa shape index (κ3) is 47.5. The minimum atomic E-state index is -0.762. The first-order valence-electron chi connectivity index (χ1n) is 26.7. The summed E-state index contributed by atoms with van der Waals surface area (Å²) in [6, 6.07) is 0. The highest BCUT2D eigenvalue weighted by atomic mass is 16.6. The lowest BCUT2D eigenvalue weighted by Crippen LogP contribution is -2.30. The van der Waals surface area contributed by atoms with Crippen molar-refractivity contribution in [3.63, 3.8) is 0 Å². The van der Waals surface area contributed by atoms with Crippen LogP contribution in [0.15, 0.2) is 0 Å². The van der Waals surface area contributed by atoms with Crippen molar-refractivity contribution in [3.05, 3.63) is 0 Å². The molecule has 1 atom stereocenters. The van der Waals surface area contributed by atoms with E-state index < -0.39 is 6.10 Å².